The summed E-state index contributed by atoms with van der Waals surface area (Å²) in [5.41, 5.74) is 0.327. The van der Waals surface area contributed by atoms with E-state index in [1.807, 2.05) is 0 Å². The van der Waals surface area contributed by atoms with Gasteiger partial charge in [-0.2, -0.15) is 0 Å². The Kier molecular flexibility index (Phi) is 13.5. The maximum absolute atomic E-state index is 13.2. The van der Waals surface area contributed by atoms with E-state index >= 15 is 0 Å². The average Bonchev–Trinajstić information content (AvgIpc) is 3.06. The SMILES string of the molecule is CC(OC(=O)OC1CCCCC1)OC(=O)C(CNC(=O)[C@@H]1CCCN(C(=O)CCC2CCNCC2)C1)NC(=O)c1ccccc1. The molecule has 3 fully saturated rings. The second kappa shape index (κ2) is 17.7. The van der Waals surface area contributed by atoms with Gasteiger partial charge in [0.05, 0.1) is 5.92 Å². The molecule has 3 atom stereocenters. The van der Waals surface area contributed by atoms with E-state index < -0.39 is 36.3 Å². The average molecular weight is 629 g/mol. The lowest BCUT2D eigenvalue weighted by molar-refractivity contribution is -0.171. The molecule has 0 radical (unpaired) electrons. The van der Waals surface area contributed by atoms with Gasteiger partial charge in [0.2, 0.25) is 18.1 Å². The number of carbonyl (C=O) groups excluding carboxylic acids is 5. The van der Waals surface area contributed by atoms with Crippen LogP contribution in [0.15, 0.2) is 30.3 Å². The lowest BCUT2D eigenvalue weighted by atomic mass is 9.92. The second-order valence-electron chi connectivity index (χ2n) is 12.3. The zero-order valence-corrected chi connectivity index (χ0v) is 26.3. The minimum Gasteiger partial charge on any atom is -0.431 e. The van der Waals surface area contributed by atoms with Gasteiger partial charge in [-0.05, 0) is 88.9 Å². The van der Waals surface area contributed by atoms with Crippen molar-refractivity contribution in [2.75, 3.05) is 32.7 Å². The first-order chi connectivity index (χ1) is 21.8. The number of esters is 1. The fraction of sp³-hybridized carbons (Fsp3) is 0.667. The second-order valence-corrected chi connectivity index (χ2v) is 12.3. The third kappa shape index (κ3) is 11.3. The molecule has 3 amide bonds. The summed E-state index contributed by atoms with van der Waals surface area (Å²) in [6.45, 7) is 4.06. The van der Waals surface area contributed by atoms with E-state index in [0.717, 1.165) is 64.5 Å². The predicted molar refractivity (Wildman–Crippen MR) is 165 cm³/mol. The van der Waals surface area contributed by atoms with Crippen LogP contribution in [-0.2, 0) is 28.6 Å². The first kappa shape index (κ1) is 34.2. The molecule has 2 aliphatic heterocycles. The van der Waals surface area contributed by atoms with Gasteiger partial charge in [-0.3, -0.25) is 14.4 Å². The third-order valence-electron chi connectivity index (χ3n) is 8.84. The van der Waals surface area contributed by atoms with E-state index in [1.54, 1.807) is 35.2 Å². The molecule has 0 aromatic heterocycles. The molecule has 12 heteroatoms. The molecule has 0 bridgehead atoms. The monoisotopic (exact) mass is 628 g/mol. The van der Waals surface area contributed by atoms with E-state index in [1.165, 1.54) is 6.92 Å². The fourth-order valence-corrected chi connectivity index (χ4v) is 6.20. The van der Waals surface area contributed by atoms with Crippen molar-refractivity contribution in [2.24, 2.45) is 11.8 Å². The molecule has 0 spiro atoms. The summed E-state index contributed by atoms with van der Waals surface area (Å²) in [6, 6.07) is 7.10. The van der Waals surface area contributed by atoms with Gasteiger partial charge in [0, 0.05) is 38.5 Å². The van der Waals surface area contributed by atoms with Crippen molar-refractivity contribution in [3.63, 3.8) is 0 Å². The number of piperidine rings is 2. The van der Waals surface area contributed by atoms with Gasteiger partial charge in [0.25, 0.3) is 5.91 Å². The Morgan fingerprint density at radius 3 is 2.40 bits per heavy atom. The molecule has 45 heavy (non-hydrogen) atoms. The number of benzene rings is 1. The predicted octanol–water partition coefficient (Wildman–Crippen LogP) is 3.29. The van der Waals surface area contributed by atoms with Crippen LogP contribution in [0, 0.1) is 11.8 Å². The zero-order valence-electron chi connectivity index (χ0n) is 26.3. The minimum atomic E-state index is -1.27. The Hall–Kier alpha value is -3.67. The first-order valence-electron chi connectivity index (χ1n) is 16.5. The highest BCUT2D eigenvalue weighted by atomic mass is 16.8. The van der Waals surface area contributed by atoms with Crippen LogP contribution in [0.4, 0.5) is 4.79 Å². The Morgan fingerprint density at radius 1 is 0.933 bits per heavy atom. The summed E-state index contributed by atoms with van der Waals surface area (Å²) in [5, 5.41) is 8.73. The highest BCUT2D eigenvalue weighted by molar-refractivity contribution is 5.97. The number of rotatable bonds is 12. The first-order valence-corrected chi connectivity index (χ1v) is 16.5. The standard InChI is InChI=1S/C33H48N4O8/c1-23(44-33(42)45-27-12-6-3-7-13-27)43-32(41)28(36-31(40)25-9-4-2-5-10-25)21-35-30(39)26-11-8-20-37(22-26)29(38)15-14-24-16-18-34-19-17-24/h2,4-5,9-10,23-24,26-28,34H,3,6-8,11-22H2,1H3,(H,35,39)(H,36,40)/t23?,26-,28?/m1/s1. The number of nitrogens with zero attached hydrogens (tertiary/aromatic N) is 1. The summed E-state index contributed by atoms with van der Waals surface area (Å²) in [7, 11) is 0. The number of nitrogens with one attached hydrogen (secondary N) is 3. The normalized spacial score (nSPS) is 20.7. The Labute approximate surface area is 265 Å². The van der Waals surface area contributed by atoms with Crippen molar-refractivity contribution in [3.05, 3.63) is 35.9 Å². The molecule has 4 rings (SSSR count). The van der Waals surface area contributed by atoms with Crippen LogP contribution in [0.2, 0.25) is 0 Å². The van der Waals surface area contributed by atoms with Crippen molar-refractivity contribution in [2.45, 2.75) is 96.0 Å². The summed E-state index contributed by atoms with van der Waals surface area (Å²) in [4.78, 5) is 66.2. The Bertz CT molecular complexity index is 1140. The molecule has 2 heterocycles. The molecule has 3 aliphatic rings. The van der Waals surface area contributed by atoms with E-state index in [2.05, 4.69) is 16.0 Å². The summed E-state index contributed by atoms with van der Waals surface area (Å²) < 4.78 is 15.8. The lowest BCUT2D eigenvalue weighted by Gasteiger charge is -2.33. The molecular weight excluding hydrogens is 580 g/mol. The Balaban J connectivity index is 1.29. The van der Waals surface area contributed by atoms with E-state index in [4.69, 9.17) is 14.2 Å². The van der Waals surface area contributed by atoms with Crippen molar-refractivity contribution >= 4 is 29.8 Å². The van der Waals surface area contributed by atoms with Crippen molar-refractivity contribution in [1.29, 1.82) is 0 Å². The maximum Gasteiger partial charge on any atom is 0.511 e. The molecule has 12 nitrogen and oxygen atoms in total. The number of ether oxygens (including phenoxy) is 3. The molecule has 248 valence electrons. The molecule has 1 aromatic carbocycles. The molecule has 1 aliphatic carbocycles. The number of carbonyl (C=O) groups is 5. The lowest BCUT2D eigenvalue weighted by Crippen LogP contribution is -2.52. The summed E-state index contributed by atoms with van der Waals surface area (Å²) >= 11 is 0. The Morgan fingerprint density at radius 2 is 1.67 bits per heavy atom. The highest BCUT2D eigenvalue weighted by Crippen LogP contribution is 2.22. The van der Waals surface area contributed by atoms with Gasteiger partial charge >= 0.3 is 12.1 Å². The van der Waals surface area contributed by atoms with E-state index in [0.29, 0.717) is 43.8 Å². The number of amides is 3. The van der Waals surface area contributed by atoms with Gasteiger partial charge < -0.3 is 35.1 Å². The van der Waals surface area contributed by atoms with Crippen LogP contribution in [0.1, 0.15) is 87.9 Å². The van der Waals surface area contributed by atoms with Gasteiger partial charge in [0.1, 0.15) is 12.1 Å². The van der Waals surface area contributed by atoms with Crippen LogP contribution in [0.25, 0.3) is 0 Å². The third-order valence-corrected chi connectivity index (χ3v) is 8.84. The van der Waals surface area contributed by atoms with Gasteiger partial charge in [-0.15, -0.1) is 0 Å². The number of likely N-dealkylation sites (tertiary alicyclic amines) is 1. The van der Waals surface area contributed by atoms with E-state index in [9.17, 15) is 24.0 Å². The van der Waals surface area contributed by atoms with Crippen LogP contribution >= 0.6 is 0 Å². The van der Waals surface area contributed by atoms with Gasteiger partial charge in [-0.25, -0.2) is 9.59 Å². The smallest absolute Gasteiger partial charge is 0.431 e. The largest absolute Gasteiger partial charge is 0.511 e. The van der Waals surface area contributed by atoms with Crippen molar-refractivity contribution in [3.8, 4) is 0 Å². The van der Waals surface area contributed by atoms with Crippen molar-refractivity contribution < 1.29 is 38.2 Å². The highest BCUT2D eigenvalue weighted by Gasteiger charge is 2.31. The van der Waals surface area contributed by atoms with Crippen molar-refractivity contribution in [1.82, 2.24) is 20.9 Å². The fourth-order valence-electron chi connectivity index (χ4n) is 6.20. The minimum absolute atomic E-state index is 0.0682. The van der Waals surface area contributed by atoms with Crippen LogP contribution in [0.3, 0.4) is 0 Å². The molecular formula is C33H48N4O8. The zero-order chi connectivity index (χ0) is 32.0. The number of hydrogen-bond donors (Lipinski definition) is 3. The molecule has 3 N–H and O–H groups in total. The molecule has 1 aromatic rings. The maximum atomic E-state index is 13.2. The molecule has 2 unspecified atom stereocenters. The number of hydrogen-bond acceptors (Lipinski definition) is 9. The van der Waals surface area contributed by atoms with Crippen LogP contribution in [0.5, 0.6) is 0 Å². The van der Waals surface area contributed by atoms with Gasteiger partial charge in [-0.1, -0.05) is 24.6 Å². The van der Waals surface area contributed by atoms with E-state index in [-0.39, 0.29) is 24.5 Å². The van der Waals surface area contributed by atoms with Crippen LogP contribution < -0.4 is 16.0 Å². The molecule has 2 saturated heterocycles. The van der Waals surface area contributed by atoms with Crippen LogP contribution in [-0.4, -0.2) is 85.9 Å². The van der Waals surface area contributed by atoms with Gasteiger partial charge in [0.15, 0.2) is 0 Å². The quantitative estimate of drug-likeness (QED) is 0.234. The molecule has 1 saturated carbocycles. The topological polar surface area (TPSA) is 152 Å². The summed E-state index contributed by atoms with van der Waals surface area (Å²) in [6.07, 6.45) is 6.99. The summed E-state index contributed by atoms with van der Waals surface area (Å²) in [5.74, 6) is -1.52.